The minimum Gasteiger partial charge on any atom is -0.497 e. The Morgan fingerprint density at radius 1 is 1.21 bits per heavy atom. The Morgan fingerprint density at radius 3 is 2.90 bits per heavy atom. The van der Waals surface area contributed by atoms with Gasteiger partial charge in [0.2, 0.25) is 5.91 Å². The summed E-state index contributed by atoms with van der Waals surface area (Å²) in [5, 5.41) is 0. The molecule has 1 aliphatic heterocycles. The lowest BCUT2D eigenvalue weighted by Crippen LogP contribution is -2.33. The normalized spacial score (nSPS) is 16.0. The lowest BCUT2D eigenvalue weighted by molar-refractivity contribution is -0.131. The average molecular weight is 390 g/mol. The summed E-state index contributed by atoms with van der Waals surface area (Å²) in [5.41, 5.74) is 1.79. The highest BCUT2D eigenvalue weighted by molar-refractivity contribution is 5.79. The highest BCUT2D eigenvalue weighted by Gasteiger charge is 2.32. The second kappa shape index (κ2) is 8.26. The number of aromatic amines is 1. The number of pyridine rings is 1. The number of likely N-dealkylation sites (tertiary alicyclic amines) is 1. The molecule has 1 amide bonds. The average Bonchev–Trinajstić information content (AvgIpc) is 3.24. The molecule has 1 atom stereocenters. The summed E-state index contributed by atoms with van der Waals surface area (Å²) >= 11 is 0. The van der Waals surface area contributed by atoms with Gasteiger partial charge >= 0.3 is 0 Å². The predicted octanol–water partition coefficient (Wildman–Crippen LogP) is 2.75. The van der Waals surface area contributed by atoms with E-state index in [1.165, 1.54) is 6.07 Å². The number of hydrogen-bond acceptors (Lipinski definition) is 5. The van der Waals surface area contributed by atoms with Gasteiger partial charge in [0.25, 0.3) is 5.56 Å². The van der Waals surface area contributed by atoms with Gasteiger partial charge in [0.15, 0.2) is 0 Å². The van der Waals surface area contributed by atoms with Gasteiger partial charge in [0.05, 0.1) is 31.0 Å². The van der Waals surface area contributed by atoms with Crippen molar-refractivity contribution in [2.24, 2.45) is 0 Å². The molecular weight excluding hydrogens is 368 g/mol. The van der Waals surface area contributed by atoms with E-state index >= 15 is 0 Å². The van der Waals surface area contributed by atoms with Crippen LogP contribution in [-0.4, -0.2) is 39.4 Å². The molecule has 3 heterocycles. The van der Waals surface area contributed by atoms with Crippen molar-refractivity contribution in [3.63, 3.8) is 0 Å². The van der Waals surface area contributed by atoms with Gasteiger partial charge in [-0.05, 0) is 42.7 Å². The molecule has 0 aliphatic carbocycles. The topological polar surface area (TPSA) is 88.2 Å². The van der Waals surface area contributed by atoms with E-state index in [1.807, 2.05) is 42.5 Å². The fourth-order valence-electron chi connectivity index (χ4n) is 3.69. The molecule has 0 saturated carbocycles. The lowest BCUT2D eigenvalue weighted by Gasteiger charge is -2.24. The van der Waals surface area contributed by atoms with Gasteiger partial charge in [-0.1, -0.05) is 18.2 Å². The van der Waals surface area contributed by atoms with Crippen LogP contribution in [0.3, 0.4) is 0 Å². The van der Waals surface area contributed by atoms with Gasteiger partial charge in [-0.2, -0.15) is 0 Å². The van der Waals surface area contributed by atoms with E-state index in [0.29, 0.717) is 23.8 Å². The van der Waals surface area contributed by atoms with Crippen molar-refractivity contribution in [2.75, 3.05) is 13.7 Å². The maximum atomic E-state index is 13.0. The summed E-state index contributed by atoms with van der Waals surface area (Å²) in [6, 6.07) is 14.2. The number of methoxy groups -OCH3 is 1. The quantitative estimate of drug-likeness (QED) is 0.724. The van der Waals surface area contributed by atoms with E-state index in [4.69, 9.17) is 4.74 Å². The SMILES string of the molecule is COc1cccc(CC(=O)N2CCC[C@@H]2c2nc(-c3ccccn3)cc(=O)[nH]2)c1. The van der Waals surface area contributed by atoms with Gasteiger partial charge in [-0.25, -0.2) is 4.98 Å². The minimum atomic E-state index is -0.247. The third-order valence-corrected chi connectivity index (χ3v) is 5.07. The van der Waals surface area contributed by atoms with Crippen molar-refractivity contribution in [1.82, 2.24) is 19.9 Å². The fourth-order valence-corrected chi connectivity index (χ4v) is 3.69. The molecule has 1 aromatic carbocycles. The monoisotopic (exact) mass is 390 g/mol. The molecule has 7 heteroatoms. The zero-order valence-electron chi connectivity index (χ0n) is 16.2. The maximum absolute atomic E-state index is 13.0. The maximum Gasteiger partial charge on any atom is 0.251 e. The zero-order chi connectivity index (χ0) is 20.2. The van der Waals surface area contributed by atoms with Gasteiger partial charge in [0, 0.05) is 18.8 Å². The highest BCUT2D eigenvalue weighted by atomic mass is 16.5. The van der Waals surface area contributed by atoms with Crippen LogP contribution in [0.2, 0.25) is 0 Å². The molecule has 0 spiro atoms. The molecule has 7 nitrogen and oxygen atoms in total. The fraction of sp³-hybridized carbons (Fsp3) is 0.273. The number of hydrogen-bond donors (Lipinski definition) is 1. The van der Waals surface area contributed by atoms with Crippen LogP contribution < -0.4 is 10.3 Å². The standard InChI is InChI=1S/C22H22N4O3/c1-29-16-7-4-6-15(12-16)13-21(28)26-11-5-9-19(26)22-24-18(14-20(27)25-22)17-8-2-3-10-23-17/h2-4,6-8,10,12,14,19H,5,9,11,13H2,1H3,(H,24,25,27)/t19-/m1/s1. The van der Waals surface area contributed by atoms with Crippen LogP contribution in [-0.2, 0) is 11.2 Å². The summed E-state index contributed by atoms with van der Waals surface area (Å²) in [7, 11) is 1.61. The third kappa shape index (κ3) is 4.18. The largest absolute Gasteiger partial charge is 0.497 e. The summed E-state index contributed by atoms with van der Waals surface area (Å²) < 4.78 is 5.24. The first kappa shape index (κ1) is 18.9. The Labute approximate surface area is 168 Å². The van der Waals surface area contributed by atoms with E-state index in [9.17, 15) is 9.59 Å². The van der Waals surface area contributed by atoms with E-state index in [0.717, 1.165) is 24.2 Å². The van der Waals surface area contributed by atoms with Crippen LogP contribution in [0, 0.1) is 0 Å². The number of benzene rings is 1. The minimum absolute atomic E-state index is 0.00615. The summed E-state index contributed by atoms with van der Waals surface area (Å²) in [4.78, 5) is 38.8. The molecule has 1 saturated heterocycles. The Kier molecular flexibility index (Phi) is 5.37. The molecule has 2 aromatic heterocycles. The number of amides is 1. The van der Waals surface area contributed by atoms with Crippen molar-refractivity contribution in [1.29, 1.82) is 0 Å². The summed E-state index contributed by atoms with van der Waals surface area (Å²) in [6.07, 6.45) is 3.57. The van der Waals surface area contributed by atoms with Crippen LogP contribution in [0.1, 0.15) is 30.3 Å². The van der Waals surface area contributed by atoms with Crippen molar-refractivity contribution in [3.8, 4) is 17.1 Å². The van der Waals surface area contributed by atoms with Crippen LogP contribution in [0.25, 0.3) is 11.4 Å². The van der Waals surface area contributed by atoms with E-state index in [1.54, 1.807) is 18.2 Å². The molecule has 148 valence electrons. The zero-order valence-corrected chi connectivity index (χ0v) is 16.2. The van der Waals surface area contributed by atoms with Crippen LogP contribution >= 0.6 is 0 Å². The molecule has 1 aliphatic rings. The summed E-state index contributed by atoms with van der Waals surface area (Å²) in [6.45, 7) is 0.644. The Morgan fingerprint density at radius 2 is 2.10 bits per heavy atom. The number of rotatable bonds is 5. The molecule has 0 unspecified atom stereocenters. The number of nitrogens with zero attached hydrogens (tertiary/aromatic N) is 3. The number of nitrogens with one attached hydrogen (secondary N) is 1. The smallest absolute Gasteiger partial charge is 0.251 e. The Balaban J connectivity index is 1.59. The molecule has 0 bridgehead atoms. The van der Waals surface area contributed by atoms with Gasteiger partial charge < -0.3 is 14.6 Å². The van der Waals surface area contributed by atoms with Gasteiger partial charge in [-0.3, -0.25) is 14.6 Å². The van der Waals surface area contributed by atoms with Crippen LogP contribution in [0.4, 0.5) is 0 Å². The van der Waals surface area contributed by atoms with Crippen molar-refractivity contribution in [2.45, 2.75) is 25.3 Å². The molecular formula is C22H22N4O3. The first-order valence-corrected chi connectivity index (χ1v) is 9.59. The van der Waals surface area contributed by atoms with Gasteiger partial charge in [0.1, 0.15) is 11.6 Å². The highest BCUT2D eigenvalue weighted by Crippen LogP contribution is 2.31. The number of aromatic nitrogens is 3. The van der Waals surface area contributed by atoms with E-state index in [-0.39, 0.29) is 23.9 Å². The molecule has 1 fully saturated rings. The number of carbonyl (C=O) groups is 1. The van der Waals surface area contributed by atoms with E-state index < -0.39 is 0 Å². The van der Waals surface area contributed by atoms with Crippen LogP contribution in [0.15, 0.2) is 59.5 Å². The second-order valence-corrected chi connectivity index (χ2v) is 7.00. The number of H-pyrrole nitrogens is 1. The van der Waals surface area contributed by atoms with Gasteiger partial charge in [-0.15, -0.1) is 0 Å². The predicted molar refractivity (Wildman–Crippen MR) is 108 cm³/mol. The van der Waals surface area contributed by atoms with Crippen molar-refractivity contribution in [3.05, 3.63) is 76.5 Å². The Hall–Kier alpha value is -3.48. The Bertz CT molecular complexity index is 1060. The first-order valence-electron chi connectivity index (χ1n) is 9.59. The number of ether oxygens (including phenoxy) is 1. The molecule has 1 N–H and O–H groups in total. The molecule has 29 heavy (non-hydrogen) atoms. The third-order valence-electron chi connectivity index (χ3n) is 5.07. The van der Waals surface area contributed by atoms with E-state index in [2.05, 4.69) is 15.0 Å². The van der Waals surface area contributed by atoms with Crippen molar-refractivity contribution < 1.29 is 9.53 Å². The molecule has 0 radical (unpaired) electrons. The summed E-state index contributed by atoms with van der Waals surface area (Å²) in [5.74, 6) is 1.24. The van der Waals surface area contributed by atoms with Crippen molar-refractivity contribution >= 4 is 5.91 Å². The molecule has 4 rings (SSSR count). The second-order valence-electron chi connectivity index (χ2n) is 7.00. The first-order chi connectivity index (χ1) is 14.1. The lowest BCUT2D eigenvalue weighted by atomic mass is 10.1. The van der Waals surface area contributed by atoms with Crippen LogP contribution in [0.5, 0.6) is 5.75 Å². The number of carbonyl (C=O) groups excluding carboxylic acids is 1. The molecule has 3 aromatic rings.